The highest BCUT2D eigenvalue weighted by molar-refractivity contribution is 5.46. The summed E-state index contributed by atoms with van der Waals surface area (Å²) >= 11 is 0. The molecule has 0 aliphatic carbocycles. The van der Waals surface area contributed by atoms with Gasteiger partial charge < -0.3 is 10.1 Å². The van der Waals surface area contributed by atoms with E-state index in [0.29, 0.717) is 18.2 Å². The Balaban J connectivity index is 2.05. The first-order chi connectivity index (χ1) is 10.0. The van der Waals surface area contributed by atoms with Crippen LogP contribution in [0.15, 0.2) is 0 Å². The molecule has 1 aliphatic rings. The Labute approximate surface area is 124 Å². The molecule has 0 bridgehead atoms. The number of nitrogens with zero attached hydrogens (tertiary/aromatic N) is 3. The number of aryl methyl sites for hydroxylation is 1. The van der Waals surface area contributed by atoms with Crippen molar-refractivity contribution in [2.75, 3.05) is 19.7 Å². The summed E-state index contributed by atoms with van der Waals surface area (Å²) < 4.78 is 7.35. The molecule has 1 fully saturated rings. The zero-order valence-corrected chi connectivity index (χ0v) is 13.0. The van der Waals surface area contributed by atoms with Crippen LogP contribution < -0.4 is 10.1 Å². The summed E-state index contributed by atoms with van der Waals surface area (Å²) in [5, 5.41) is 18.8. The molecule has 0 saturated carbocycles. The van der Waals surface area contributed by atoms with Crippen LogP contribution in [0.1, 0.15) is 44.8 Å². The largest absolute Gasteiger partial charge is 0.473 e. The quantitative estimate of drug-likeness (QED) is 0.644. The minimum Gasteiger partial charge on any atom is -0.473 e. The minimum atomic E-state index is -0.404. The summed E-state index contributed by atoms with van der Waals surface area (Å²) in [7, 11) is 0. The molecule has 1 aromatic heterocycles. The third-order valence-electron chi connectivity index (χ3n) is 3.85. The lowest BCUT2D eigenvalue weighted by atomic mass is 9.97. The van der Waals surface area contributed by atoms with Gasteiger partial charge in [0, 0.05) is 0 Å². The third kappa shape index (κ3) is 3.72. The number of ether oxygens (including phenoxy) is 1. The molecule has 1 aromatic rings. The molecule has 2 heterocycles. The SMILES string of the molecule is Cc1nn(C(C)C)c(OCCC2CCCNC2)c1[N+](=O)[O-]. The van der Waals surface area contributed by atoms with Crippen molar-refractivity contribution in [3.05, 3.63) is 15.8 Å². The fourth-order valence-corrected chi connectivity index (χ4v) is 2.70. The second-order valence-electron chi connectivity index (χ2n) is 5.88. The van der Waals surface area contributed by atoms with Crippen LogP contribution in [0.4, 0.5) is 5.69 Å². The minimum absolute atomic E-state index is 0.00882. The maximum absolute atomic E-state index is 11.2. The van der Waals surface area contributed by atoms with Crippen LogP contribution in [-0.4, -0.2) is 34.4 Å². The number of nitro groups is 1. The number of piperidine rings is 1. The van der Waals surface area contributed by atoms with E-state index in [1.165, 1.54) is 12.8 Å². The normalized spacial score (nSPS) is 19.0. The molecule has 0 aromatic carbocycles. The lowest BCUT2D eigenvalue weighted by Gasteiger charge is -2.22. The van der Waals surface area contributed by atoms with E-state index >= 15 is 0 Å². The highest BCUT2D eigenvalue weighted by Crippen LogP contribution is 2.33. The monoisotopic (exact) mass is 296 g/mol. The van der Waals surface area contributed by atoms with Crippen molar-refractivity contribution >= 4 is 5.69 Å². The van der Waals surface area contributed by atoms with Gasteiger partial charge in [-0.2, -0.15) is 5.10 Å². The van der Waals surface area contributed by atoms with Crippen LogP contribution in [0.25, 0.3) is 0 Å². The molecule has 7 heteroatoms. The Hall–Kier alpha value is -1.63. The molecular weight excluding hydrogens is 272 g/mol. The van der Waals surface area contributed by atoms with E-state index in [2.05, 4.69) is 10.4 Å². The van der Waals surface area contributed by atoms with Crippen LogP contribution in [0.3, 0.4) is 0 Å². The lowest BCUT2D eigenvalue weighted by molar-refractivity contribution is -0.386. The maximum Gasteiger partial charge on any atom is 0.353 e. The Morgan fingerprint density at radius 1 is 1.57 bits per heavy atom. The third-order valence-corrected chi connectivity index (χ3v) is 3.85. The predicted octanol–water partition coefficient (Wildman–Crippen LogP) is 2.45. The van der Waals surface area contributed by atoms with Crippen molar-refractivity contribution in [2.24, 2.45) is 5.92 Å². The molecule has 1 unspecified atom stereocenters. The first-order valence-corrected chi connectivity index (χ1v) is 7.57. The molecule has 1 aliphatic heterocycles. The summed E-state index contributed by atoms with van der Waals surface area (Å²) in [5.74, 6) is 0.880. The van der Waals surface area contributed by atoms with Crippen molar-refractivity contribution in [3.63, 3.8) is 0 Å². The topological polar surface area (TPSA) is 82.2 Å². The molecule has 1 atom stereocenters. The molecule has 0 amide bonds. The molecule has 0 spiro atoms. The van der Waals surface area contributed by atoms with E-state index in [4.69, 9.17) is 4.74 Å². The average molecular weight is 296 g/mol. The molecule has 2 rings (SSSR count). The fourth-order valence-electron chi connectivity index (χ4n) is 2.70. The van der Waals surface area contributed by atoms with Gasteiger partial charge in [0.15, 0.2) is 0 Å². The predicted molar refractivity (Wildman–Crippen MR) is 79.7 cm³/mol. The number of hydrogen-bond donors (Lipinski definition) is 1. The van der Waals surface area contributed by atoms with E-state index in [1.54, 1.807) is 11.6 Å². The Bertz CT molecular complexity index is 493. The number of nitrogens with one attached hydrogen (secondary N) is 1. The standard InChI is InChI=1S/C14H24N4O3/c1-10(2)17-14(13(18(19)20)11(3)16-17)21-8-6-12-5-4-7-15-9-12/h10,12,15H,4-9H2,1-3H3. The van der Waals surface area contributed by atoms with Crippen molar-refractivity contribution in [1.29, 1.82) is 0 Å². The molecular formula is C14H24N4O3. The van der Waals surface area contributed by atoms with Gasteiger partial charge in [-0.25, -0.2) is 4.68 Å². The second-order valence-corrected chi connectivity index (χ2v) is 5.88. The van der Waals surface area contributed by atoms with Crippen LogP contribution in [0.5, 0.6) is 5.88 Å². The number of hydrogen-bond acceptors (Lipinski definition) is 5. The lowest BCUT2D eigenvalue weighted by Crippen LogP contribution is -2.30. The summed E-state index contributed by atoms with van der Waals surface area (Å²) in [6.07, 6.45) is 3.29. The summed E-state index contributed by atoms with van der Waals surface area (Å²) in [4.78, 5) is 10.8. The molecule has 7 nitrogen and oxygen atoms in total. The van der Waals surface area contributed by atoms with Gasteiger partial charge in [-0.05, 0) is 59.0 Å². The van der Waals surface area contributed by atoms with E-state index < -0.39 is 4.92 Å². The van der Waals surface area contributed by atoms with Crippen molar-refractivity contribution in [3.8, 4) is 5.88 Å². The second kappa shape index (κ2) is 6.89. The van der Waals surface area contributed by atoms with Crippen LogP contribution >= 0.6 is 0 Å². The van der Waals surface area contributed by atoms with Gasteiger partial charge in [-0.15, -0.1) is 0 Å². The van der Waals surface area contributed by atoms with E-state index in [0.717, 1.165) is 19.5 Å². The Morgan fingerprint density at radius 3 is 2.90 bits per heavy atom. The van der Waals surface area contributed by atoms with E-state index in [-0.39, 0.29) is 17.6 Å². The number of rotatable bonds is 6. The smallest absolute Gasteiger partial charge is 0.353 e. The maximum atomic E-state index is 11.2. The van der Waals surface area contributed by atoms with Gasteiger partial charge in [0.25, 0.3) is 5.88 Å². The average Bonchev–Trinajstić information content (AvgIpc) is 2.77. The molecule has 1 saturated heterocycles. The van der Waals surface area contributed by atoms with Gasteiger partial charge in [-0.1, -0.05) is 0 Å². The molecule has 21 heavy (non-hydrogen) atoms. The first-order valence-electron chi connectivity index (χ1n) is 7.57. The van der Waals surface area contributed by atoms with Crippen LogP contribution in [-0.2, 0) is 0 Å². The zero-order chi connectivity index (χ0) is 15.4. The van der Waals surface area contributed by atoms with Crippen LogP contribution in [0.2, 0.25) is 0 Å². The van der Waals surface area contributed by atoms with Crippen molar-refractivity contribution in [1.82, 2.24) is 15.1 Å². The van der Waals surface area contributed by atoms with Crippen molar-refractivity contribution in [2.45, 2.75) is 46.1 Å². The zero-order valence-electron chi connectivity index (χ0n) is 13.0. The van der Waals surface area contributed by atoms with Gasteiger partial charge >= 0.3 is 5.69 Å². The van der Waals surface area contributed by atoms with Gasteiger partial charge in [0.2, 0.25) is 0 Å². The van der Waals surface area contributed by atoms with E-state index in [1.807, 2.05) is 13.8 Å². The number of aromatic nitrogens is 2. The molecule has 0 radical (unpaired) electrons. The first kappa shape index (κ1) is 15.8. The molecule has 118 valence electrons. The molecule has 1 N–H and O–H groups in total. The van der Waals surface area contributed by atoms with Gasteiger partial charge in [-0.3, -0.25) is 10.1 Å². The van der Waals surface area contributed by atoms with Crippen molar-refractivity contribution < 1.29 is 9.66 Å². The van der Waals surface area contributed by atoms with Gasteiger partial charge in [0.05, 0.1) is 17.6 Å². The highest BCUT2D eigenvalue weighted by atomic mass is 16.6. The van der Waals surface area contributed by atoms with Gasteiger partial charge in [0.1, 0.15) is 5.69 Å². The van der Waals surface area contributed by atoms with Crippen LogP contribution in [0, 0.1) is 23.0 Å². The summed E-state index contributed by atoms with van der Waals surface area (Å²) in [5.41, 5.74) is 0.397. The fraction of sp³-hybridized carbons (Fsp3) is 0.786. The Morgan fingerprint density at radius 2 is 2.33 bits per heavy atom. The summed E-state index contributed by atoms with van der Waals surface area (Å²) in [6, 6.07) is 0.0312. The van der Waals surface area contributed by atoms with E-state index in [9.17, 15) is 10.1 Å². The highest BCUT2D eigenvalue weighted by Gasteiger charge is 2.28. The summed E-state index contributed by atoms with van der Waals surface area (Å²) in [6.45, 7) is 8.11. The Kier molecular flexibility index (Phi) is 5.17.